The van der Waals surface area contributed by atoms with Crippen LogP contribution in [0.1, 0.15) is 12.5 Å². The van der Waals surface area contributed by atoms with Gasteiger partial charge in [-0.1, -0.05) is 6.07 Å². The van der Waals surface area contributed by atoms with Gasteiger partial charge in [-0.3, -0.25) is 10.1 Å². The van der Waals surface area contributed by atoms with Crippen LogP contribution in [0.15, 0.2) is 18.2 Å². The lowest BCUT2D eigenvalue weighted by molar-refractivity contribution is -0.384. The smallest absolute Gasteiger partial charge is 0.309 e. The summed E-state index contributed by atoms with van der Waals surface area (Å²) in [5.74, 6) is 0. The Morgan fingerprint density at radius 2 is 2.38 bits per heavy atom. The molecule has 0 bridgehead atoms. The maximum absolute atomic E-state index is 10.8. The molecule has 6 heteroatoms. The van der Waals surface area contributed by atoms with E-state index in [1.54, 1.807) is 25.1 Å². The molecule has 0 aliphatic carbocycles. The Balaban J connectivity index is 3.08. The summed E-state index contributed by atoms with van der Waals surface area (Å²) < 4.78 is 0. The topological polar surface area (TPSA) is 105 Å². The second-order valence-electron chi connectivity index (χ2n) is 3.43. The monoisotopic (exact) mass is 220 g/mol. The molecule has 1 aromatic carbocycles. The van der Waals surface area contributed by atoms with E-state index in [1.807, 2.05) is 0 Å². The van der Waals surface area contributed by atoms with Crippen LogP contribution in [0.4, 0.5) is 11.4 Å². The normalized spacial score (nSPS) is 11.6. The van der Waals surface area contributed by atoms with E-state index in [0.29, 0.717) is 12.2 Å². The number of nitro groups is 1. The molecule has 3 N–H and O–H groups in total. The van der Waals surface area contributed by atoms with Gasteiger partial charge >= 0.3 is 5.69 Å². The van der Waals surface area contributed by atoms with Crippen LogP contribution in [0, 0.1) is 21.4 Å². The number of hydrogen-bond donors (Lipinski definition) is 2. The molecule has 0 fully saturated rings. The molecule has 0 heterocycles. The van der Waals surface area contributed by atoms with Crippen LogP contribution < -0.4 is 11.1 Å². The fourth-order valence-electron chi connectivity index (χ4n) is 1.24. The molecule has 6 nitrogen and oxygen atoms in total. The van der Waals surface area contributed by atoms with Gasteiger partial charge in [0.15, 0.2) is 0 Å². The molecule has 1 unspecified atom stereocenters. The molecule has 1 aromatic rings. The minimum atomic E-state index is -0.567. The first-order valence-corrected chi connectivity index (χ1v) is 4.73. The minimum absolute atomic E-state index is 0.0414. The van der Waals surface area contributed by atoms with E-state index in [9.17, 15) is 10.1 Å². The molecule has 0 radical (unpaired) electrons. The zero-order valence-corrected chi connectivity index (χ0v) is 8.80. The van der Waals surface area contributed by atoms with Crippen LogP contribution >= 0.6 is 0 Å². The number of nitro benzene ring substituents is 1. The van der Waals surface area contributed by atoms with Crippen molar-refractivity contribution in [1.29, 1.82) is 5.26 Å². The van der Waals surface area contributed by atoms with Gasteiger partial charge in [0.25, 0.3) is 0 Å². The van der Waals surface area contributed by atoms with Gasteiger partial charge in [0.2, 0.25) is 0 Å². The van der Waals surface area contributed by atoms with E-state index < -0.39 is 4.92 Å². The number of nitriles is 1. The number of nitrogens with one attached hydrogen (secondary N) is 1. The van der Waals surface area contributed by atoms with Gasteiger partial charge < -0.3 is 11.1 Å². The van der Waals surface area contributed by atoms with E-state index in [4.69, 9.17) is 11.0 Å². The highest BCUT2D eigenvalue weighted by atomic mass is 16.6. The Morgan fingerprint density at radius 3 is 2.88 bits per heavy atom. The summed E-state index contributed by atoms with van der Waals surface area (Å²) in [6.45, 7) is 2.20. The molecule has 1 rings (SSSR count). The SMILES string of the molecule is CC(N)CNc1cccc(C#N)c1[N+](=O)[O-]. The molecule has 0 aliphatic rings. The highest BCUT2D eigenvalue weighted by molar-refractivity contribution is 5.68. The lowest BCUT2D eigenvalue weighted by Crippen LogP contribution is -2.25. The number of hydrogen-bond acceptors (Lipinski definition) is 5. The van der Waals surface area contributed by atoms with Crippen LogP contribution in [0.5, 0.6) is 0 Å². The fraction of sp³-hybridized carbons (Fsp3) is 0.300. The number of nitrogens with zero attached hydrogens (tertiary/aromatic N) is 2. The van der Waals surface area contributed by atoms with E-state index >= 15 is 0 Å². The first kappa shape index (κ1) is 11.9. The summed E-state index contributed by atoms with van der Waals surface area (Å²) in [4.78, 5) is 10.3. The third kappa shape index (κ3) is 2.68. The van der Waals surface area contributed by atoms with Gasteiger partial charge in [-0.2, -0.15) is 5.26 Å². The van der Waals surface area contributed by atoms with Crippen molar-refractivity contribution in [2.24, 2.45) is 5.73 Å². The van der Waals surface area contributed by atoms with E-state index in [2.05, 4.69) is 5.32 Å². The van der Waals surface area contributed by atoms with Gasteiger partial charge in [-0.25, -0.2) is 0 Å². The first-order chi connectivity index (χ1) is 7.56. The van der Waals surface area contributed by atoms with Crippen LogP contribution in [0.3, 0.4) is 0 Å². The van der Waals surface area contributed by atoms with Crippen molar-refractivity contribution >= 4 is 11.4 Å². The quantitative estimate of drug-likeness (QED) is 0.586. The van der Waals surface area contributed by atoms with Crippen molar-refractivity contribution in [3.8, 4) is 6.07 Å². The average Bonchev–Trinajstić information content (AvgIpc) is 2.25. The summed E-state index contributed by atoms with van der Waals surface area (Å²) in [5.41, 5.74) is 5.70. The van der Waals surface area contributed by atoms with Crippen molar-refractivity contribution in [2.75, 3.05) is 11.9 Å². The molecular weight excluding hydrogens is 208 g/mol. The molecule has 0 amide bonds. The molecule has 84 valence electrons. The highest BCUT2D eigenvalue weighted by Gasteiger charge is 2.19. The highest BCUT2D eigenvalue weighted by Crippen LogP contribution is 2.27. The van der Waals surface area contributed by atoms with Crippen molar-refractivity contribution in [3.05, 3.63) is 33.9 Å². The third-order valence-electron chi connectivity index (χ3n) is 1.95. The standard InChI is InChI=1S/C10H12N4O2/c1-7(12)6-13-9-4-2-3-8(5-11)10(9)14(15)16/h2-4,7,13H,6,12H2,1H3. The van der Waals surface area contributed by atoms with Crippen LogP contribution in [0.25, 0.3) is 0 Å². The molecule has 16 heavy (non-hydrogen) atoms. The zero-order valence-electron chi connectivity index (χ0n) is 8.80. The maximum atomic E-state index is 10.8. The maximum Gasteiger partial charge on any atom is 0.309 e. The Morgan fingerprint density at radius 1 is 1.69 bits per heavy atom. The molecular formula is C10H12N4O2. The summed E-state index contributed by atoms with van der Waals surface area (Å²) in [6, 6.07) is 6.23. The Bertz CT molecular complexity index is 437. The Labute approximate surface area is 92.8 Å². The van der Waals surface area contributed by atoms with E-state index in [-0.39, 0.29) is 17.3 Å². The summed E-state index contributed by atoms with van der Waals surface area (Å²) in [7, 11) is 0. The molecule has 1 atom stereocenters. The average molecular weight is 220 g/mol. The van der Waals surface area contributed by atoms with E-state index in [0.717, 1.165) is 0 Å². The van der Waals surface area contributed by atoms with E-state index in [1.165, 1.54) is 6.07 Å². The van der Waals surface area contributed by atoms with Gasteiger partial charge in [-0.05, 0) is 19.1 Å². The lowest BCUT2D eigenvalue weighted by Gasteiger charge is -2.09. The summed E-state index contributed by atoms with van der Waals surface area (Å²) in [5, 5.41) is 22.4. The van der Waals surface area contributed by atoms with Crippen molar-refractivity contribution in [2.45, 2.75) is 13.0 Å². The Hall–Kier alpha value is -2.13. The number of anilines is 1. The number of nitrogens with two attached hydrogens (primary N) is 1. The summed E-state index contributed by atoms with van der Waals surface area (Å²) >= 11 is 0. The van der Waals surface area contributed by atoms with Crippen LogP contribution in [-0.4, -0.2) is 17.5 Å². The van der Waals surface area contributed by atoms with Crippen molar-refractivity contribution in [3.63, 3.8) is 0 Å². The Kier molecular flexibility index (Phi) is 3.80. The molecule has 0 saturated carbocycles. The number of benzene rings is 1. The zero-order chi connectivity index (χ0) is 12.1. The number of rotatable bonds is 4. The second kappa shape index (κ2) is 5.09. The third-order valence-corrected chi connectivity index (χ3v) is 1.95. The molecule has 0 aliphatic heterocycles. The van der Waals surface area contributed by atoms with Crippen LogP contribution in [0.2, 0.25) is 0 Å². The second-order valence-corrected chi connectivity index (χ2v) is 3.43. The van der Waals surface area contributed by atoms with Crippen molar-refractivity contribution in [1.82, 2.24) is 0 Å². The van der Waals surface area contributed by atoms with Gasteiger partial charge in [-0.15, -0.1) is 0 Å². The predicted molar refractivity (Wildman–Crippen MR) is 60.0 cm³/mol. The molecule has 0 spiro atoms. The largest absolute Gasteiger partial charge is 0.378 e. The van der Waals surface area contributed by atoms with Gasteiger partial charge in [0, 0.05) is 12.6 Å². The molecule has 0 saturated heterocycles. The molecule has 0 aromatic heterocycles. The minimum Gasteiger partial charge on any atom is -0.378 e. The lowest BCUT2D eigenvalue weighted by atomic mass is 10.1. The van der Waals surface area contributed by atoms with Gasteiger partial charge in [0.1, 0.15) is 17.3 Å². The fourth-order valence-corrected chi connectivity index (χ4v) is 1.24. The summed E-state index contributed by atoms with van der Waals surface area (Å²) in [6.07, 6.45) is 0. The first-order valence-electron chi connectivity index (χ1n) is 4.73. The predicted octanol–water partition coefficient (Wildman–Crippen LogP) is 1.23. The number of para-hydroxylation sites is 1. The van der Waals surface area contributed by atoms with Crippen LogP contribution in [-0.2, 0) is 0 Å². The van der Waals surface area contributed by atoms with Gasteiger partial charge in [0.05, 0.1) is 4.92 Å². The van der Waals surface area contributed by atoms with Crippen molar-refractivity contribution < 1.29 is 4.92 Å².